The summed E-state index contributed by atoms with van der Waals surface area (Å²) in [6.07, 6.45) is 1.51. The molecule has 2 amide bonds. The molecule has 0 spiro atoms. The smallest absolute Gasteiger partial charge is 0.332 e. The van der Waals surface area contributed by atoms with E-state index in [4.69, 9.17) is 4.74 Å². The lowest BCUT2D eigenvalue weighted by atomic mass is 10.3. The predicted octanol–water partition coefficient (Wildman–Crippen LogP) is 1.56. The Bertz CT molecular complexity index is 707. The highest BCUT2D eigenvalue weighted by Gasteiger charge is 2.14. The van der Waals surface area contributed by atoms with Crippen LogP contribution in [0, 0.1) is 0 Å². The van der Waals surface area contributed by atoms with Crippen molar-refractivity contribution in [3.05, 3.63) is 18.3 Å². The highest BCUT2D eigenvalue weighted by molar-refractivity contribution is 7.78. The summed E-state index contributed by atoms with van der Waals surface area (Å²) >= 11 is 4.05. The van der Waals surface area contributed by atoms with E-state index in [-0.39, 0.29) is 6.03 Å². The average Bonchev–Trinajstić information content (AvgIpc) is 2.61. The van der Waals surface area contributed by atoms with Crippen molar-refractivity contribution in [3.8, 4) is 0 Å². The second-order valence-electron chi connectivity index (χ2n) is 5.01. The second-order valence-corrected chi connectivity index (χ2v) is 5.50. The van der Waals surface area contributed by atoms with Gasteiger partial charge in [-0.1, -0.05) is 12.8 Å². The Morgan fingerprint density at radius 1 is 1.39 bits per heavy atom. The molecule has 3 rings (SSSR count). The number of pyridine rings is 1. The highest BCUT2D eigenvalue weighted by Crippen LogP contribution is 2.18. The van der Waals surface area contributed by atoms with Gasteiger partial charge in [-0.05, 0) is 19.1 Å². The number of nitrogens with one attached hydrogen (secondary N) is 1. The Morgan fingerprint density at radius 2 is 2.17 bits per heavy atom. The van der Waals surface area contributed by atoms with Gasteiger partial charge in [-0.3, -0.25) is 9.62 Å². The van der Waals surface area contributed by atoms with Gasteiger partial charge < -0.3 is 9.64 Å². The predicted molar refractivity (Wildman–Crippen MR) is 90.7 cm³/mol. The van der Waals surface area contributed by atoms with Crippen molar-refractivity contribution in [2.45, 2.75) is 6.92 Å². The van der Waals surface area contributed by atoms with Crippen LogP contribution in [-0.4, -0.2) is 58.1 Å². The lowest BCUT2D eigenvalue weighted by Crippen LogP contribution is -2.36. The third-order valence-electron chi connectivity index (χ3n) is 3.50. The van der Waals surface area contributed by atoms with Crippen LogP contribution in [0.1, 0.15) is 6.92 Å². The molecular formula is C14H18N6O2S. The molecule has 122 valence electrons. The quantitative estimate of drug-likeness (QED) is 0.829. The molecule has 0 saturated carbocycles. The molecule has 23 heavy (non-hydrogen) atoms. The number of thiol groups is 1. The number of urea groups is 1. The van der Waals surface area contributed by atoms with Crippen LogP contribution in [0.2, 0.25) is 0 Å². The number of hydrogen-bond acceptors (Lipinski definition) is 7. The van der Waals surface area contributed by atoms with Gasteiger partial charge in [0.25, 0.3) is 0 Å². The number of ether oxygens (including phenoxy) is 1. The Hall–Kier alpha value is -2.13. The van der Waals surface area contributed by atoms with Crippen LogP contribution < -0.4 is 10.2 Å². The molecule has 9 heteroatoms. The normalized spacial score (nSPS) is 14.8. The van der Waals surface area contributed by atoms with Crippen molar-refractivity contribution in [2.75, 3.05) is 43.1 Å². The average molecular weight is 334 g/mol. The zero-order chi connectivity index (χ0) is 16.2. The Morgan fingerprint density at radius 3 is 2.91 bits per heavy atom. The summed E-state index contributed by atoms with van der Waals surface area (Å²) in [5, 5.41) is 2.65. The third kappa shape index (κ3) is 3.62. The Kier molecular flexibility index (Phi) is 4.77. The number of amides is 2. The first-order valence-corrected chi connectivity index (χ1v) is 7.81. The molecule has 0 radical (unpaired) electrons. The fourth-order valence-corrected chi connectivity index (χ4v) is 2.28. The van der Waals surface area contributed by atoms with Crippen LogP contribution in [0.5, 0.6) is 0 Å². The van der Waals surface area contributed by atoms with E-state index in [1.54, 1.807) is 0 Å². The van der Waals surface area contributed by atoms with Crippen LogP contribution >= 0.6 is 12.8 Å². The molecular weight excluding hydrogens is 316 g/mol. The lowest BCUT2D eigenvalue weighted by Gasteiger charge is -2.27. The maximum absolute atomic E-state index is 11.8. The molecule has 0 unspecified atom stereocenters. The van der Waals surface area contributed by atoms with Gasteiger partial charge in [0, 0.05) is 19.6 Å². The SMILES string of the molecule is CCN(S)C(=O)Nc1cnc2ccc(N3CCOCC3)nc2n1. The second kappa shape index (κ2) is 6.97. The van der Waals surface area contributed by atoms with E-state index >= 15 is 0 Å². The molecule has 1 aliphatic rings. The molecule has 8 nitrogen and oxygen atoms in total. The summed E-state index contributed by atoms with van der Waals surface area (Å²) in [6.45, 7) is 5.29. The van der Waals surface area contributed by atoms with E-state index in [9.17, 15) is 4.79 Å². The van der Waals surface area contributed by atoms with Gasteiger partial charge in [0.1, 0.15) is 11.3 Å². The first-order valence-electron chi connectivity index (χ1n) is 7.41. The molecule has 2 aromatic rings. The number of aromatic nitrogens is 3. The Labute approximate surface area is 139 Å². The first-order chi connectivity index (χ1) is 11.2. The number of rotatable bonds is 3. The van der Waals surface area contributed by atoms with Gasteiger partial charge >= 0.3 is 6.03 Å². The number of anilines is 2. The van der Waals surface area contributed by atoms with E-state index in [0.717, 1.165) is 18.9 Å². The van der Waals surface area contributed by atoms with Crippen LogP contribution in [0.25, 0.3) is 11.2 Å². The van der Waals surface area contributed by atoms with Gasteiger partial charge in [-0.25, -0.2) is 19.7 Å². The molecule has 2 aromatic heterocycles. The number of nitrogens with zero attached hydrogens (tertiary/aromatic N) is 5. The van der Waals surface area contributed by atoms with E-state index in [1.807, 2.05) is 19.1 Å². The number of fused-ring (bicyclic) bond motifs is 1. The summed E-state index contributed by atoms with van der Waals surface area (Å²) in [7, 11) is 0. The molecule has 0 aromatic carbocycles. The Balaban J connectivity index is 1.84. The molecule has 0 atom stereocenters. The summed E-state index contributed by atoms with van der Waals surface area (Å²) in [4.78, 5) is 27.2. The van der Waals surface area contributed by atoms with Crippen molar-refractivity contribution in [3.63, 3.8) is 0 Å². The molecule has 1 aliphatic heterocycles. The zero-order valence-corrected chi connectivity index (χ0v) is 13.7. The van der Waals surface area contributed by atoms with E-state index in [0.29, 0.717) is 36.7 Å². The van der Waals surface area contributed by atoms with Gasteiger partial charge in [0.05, 0.1) is 19.4 Å². The number of carbonyl (C=O) groups is 1. The molecule has 1 N–H and O–H groups in total. The minimum atomic E-state index is -0.353. The fourth-order valence-electron chi connectivity index (χ4n) is 2.23. The van der Waals surface area contributed by atoms with Gasteiger partial charge in [-0.2, -0.15) is 0 Å². The maximum atomic E-state index is 11.8. The summed E-state index contributed by atoms with van der Waals surface area (Å²) in [6, 6.07) is 3.45. The van der Waals surface area contributed by atoms with Crippen LogP contribution in [0.3, 0.4) is 0 Å². The van der Waals surface area contributed by atoms with Gasteiger partial charge in [-0.15, -0.1) is 0 Å². The standard InChI is InChI=1S/C14H18N6O2S/c1-2-20(23)14(21)17-11-9-15-10-3-4-12(18-13(10)16-11)19-5-7-22-8-6-19/h3-4,9,23H,2,5-8H2,1H3,(H,16,17,18,21). The van der Waals surface area contributed by atoms with Gasteiger partial charge in [0.15, 0.2) is 11.5 Å². The van der Waals surface area contributed by atoms with E-state index in [2.05, 4.69) is 38.0 Å². The van der Waals surface area contributed by atoms with Crippen LogP contribution in [0.4, 0.5) is 16.4 Å². The topological polar surface area (TPSA) is 83.5 Å². The van der Waals surface area contributed by atoms with Crippen molar-refractivity contribution in [1.29, 1.82) is 0 Å². The zero-order valence-electron chi connectivity index (χ0n) is 12.8. The molecule has 0 aliphatic carbocycles. The minimum Gasteiger partial charge on any atom is -0.378 e. The molecule has 3 heterocycles. The van der Waals surface area contributed by atoms with Crippen molar-refractivity contribution in [1.82, 2.24) is 19.3 Å². The largest absolute Gasteiger partial charge is 0.378 e. The van der Waals surface area contributed by atoms with E-state index in [1.165, 1.54) is 10.5 Å². The number of hydrogen-bond donors (Lipinski definition) is 2. The third-order valence-corrected chi connectivity index (χ3v) is 3.96. The van der Waals surface area contributed by atoms with Gasteiger partial charge in [0.2, 0.25) is 0 Å². The monoisotopic (exact) mass is 334 g/mol. The van der Waals surface area contributed by atoms with Crippen molar-refractivity contribution < 1.29 is 9.53 Å². The maximum Gasteiger partial charge on any atom is 0.332 e. The van der Waals surface area contributed by atoms with Crippen molar-refractivity contribution >= 4 is 41.6 Å². The molecule has 1 saturated heterocycles. The highest BCUT2D eigenvalue weighted by atomic mass is 32.1. The summed E-state index contributed by atoms with van der Waals surface area (Å²) in [5.74, 6) is 1.18. The number of carbonyl (C=O) groups excluding carboxylic acids is 1. The molecule has 0 bridgehead atoms. The van der Waals surface area contributed by atoms with Crippen molar-refractivity contribution in [2.24, 2.45) is 0 Å². The van der Waals surface area contributed by atoms with Crippen LogP contribution in [-0.2, 0) is 4.74 Å². The molecule has 1 fully saturated rings. The summed E-state index contributed by atoms with van der Waals surface area (Å²) in [5.41, 5.74) is 1.17. The lowest BCUT2D eigenvalue weighted by molar-refractivity contribution is 0.122. The van der Waals surface area contributed by atoms with E-state index < -0.39 is 0 Å². The number of morpholine rings is 1. The summed E-state index contributed by atoms with van der Waals surface area (Å²) < 4.78 is 6.60. The minimum absolute atomic E-state index is 0.349. The van der Waals surface area contributed by atoms with Crippen LogP contribution in [0.15, 0.2) is 18.3 Å². The fraction of sp³-hybridized carbons (Fsp3) is 0.429. The first kappa shape index (κ1) is 15.8.